The van der Waals surface area contributed by atoms with Crippen molar-refractivity contribution >= 4 is 16.0 Å². The lowest BCUT2D eigenvalue weighted by Gasteiger charge is -2.37. The van der Waals surface area contributed by atoms with Crippen molar-refractivity contribution in [1.82, 2.24) is 14.3 Å². The molecule has 1 saturated carbocycles. The van der Waals surface area contributed by atoms with E-state index < -0.39 is 21.4 Å². The van der Waals surface area contributed by atoms with Crippen molar-refractivity contribution in [3.63, 3.8) is 0 Å². The molecule has 1 heterocycles. The second kappa shape index (κ2) is 4.61. The zero-order valence-electron chi connectivity index (χ0n) is 10.9. The number of carbonyl (C=O) groups is 1. The van der Waals surface area contributed by atoms with Crippen LogP contribution in [-0.4, -0.2) is 35.6 Å². The van der Waals surface area contributed by atoms with Gasteiger partial charge in [-0.1, -0.05) is 6.42 Å². The van der Waals surface area contributed by atoms with Gasteiger partial charge < -0.3 is 9.67 Å². The summed E-state index contributed by atoms with van der Waals surface area (Å²) in [6, 6.07) is 0. The summed E-state index contributed by atoms with van der Waals surface area (Å²) < 4.78 is 28.0. The van der Waals surface area contributed by atoms with Gasteiger partial charge in [-0.05, 0) is 19.8 Å². The van der Waals surface area contributed by atoms with Gasteiger partial charge in [0.15, 0.2) is 5.03 Å². The lowest BCUT2D eigenvalue weighted by atomic mass is 9.69. The van der Waals surface area contributed by atoms with Crippen LogP contribution in [0.25, 0.3) is 0 Å². The van der Waals surface area contributed by atoms with Crippen LogP contribution in [0.5, 0.6) is 0 Å². The number of nitrogens with zero attached hydrogens (tertiary/aromatic N) is 2. The summed E-state index contributed by atoms with van der Waals surface area (Å²) in [7, 11) is -2.05. The molecular formula is C11H17N3O4S. The maximum atomic E-state index is 12.0. The van der Waals surface area contributed by atoms with Crippen molar-refractivity contribution in [1.29, 1.82) is 0 Å². The number of nitrogens with one attached hydrogen (secondary N) is 1. The van der Waals surface area contributed by atoms with Crippen LogP contribution in [0, 0.1) is 12.3 Å². The molecule has 0 bridgehead atoms. The monoisotopic (exact) mass is 287 g/mol. The zero-order valence-corrected chi connectivity index (χ0v) is 11.7. The number of aryl methyl sites for hydroxylation is 2. The minimum Gasteiger partial charge on any atom is -0.481 e. The number of imidazole rings is 1. The number of carboxylic acids is 1. The fraction of sp³-hybridized carbons (Fsp3) is 0.636. The minimum absolute atomic E-state index is 0.0765. The molecule has 2 rings (SSSR count). The average Bonchev–Trinajstić information content (AvgIpc) is 2.57. The van der Waals surface area contributed by atoms with E-state index in [0.29, 0.717) is 18.7 Å². The van der Waals surface area contributed by atoms with E-state index in [1.807, 2.05) is 0 Å². The van der Waals surface area contributed by atoms with E-state index in [1.54, 1.807) is 18.5 Å². The summed E-state index contributed by atoms with van der Waals surface area (Å²) in [5.74, 6) is -0.365. The zero-order chi connectivity index (χ0) is 14.3. The molecular weight excluding hydrogens is 270 g/mol. The van der Waals surface area contributed by atoms with E-state index in [9.17, 15) is 13.2 Å². The number of aromatic nitrogens is 2. The fourth-order valence-electron chi connectivity index (χ4n) is 2.03. The van der Waals surface area contributed by atoms with Crippen LogP contribution in [0.3, 0.4) is 0 Å². The van der Waals surface area contributed by atoms with Crippen molar-refractivity contribution < 1.29 is 18.3 Å². The van der Waals surface area contributed by atoms with Gasteiger partial charge in [-0.3, -0.25) is 4.79 Å². The molecule has 2 N–H and O–H groups in total. The van der Waals surface area contributed by atoms with Gasteiger partial charge in [-0.2, -0.15) is 0 Å². The Balaban J connectivity index is 2.12. The number of rotatable bonds is 5. The molecule has 1 aliphatic rings. The van der Waals surface area contributed by atoms with Crippen molar-refractivity contribution in [3.05, 3.63) is 12.0 Å². The molecule has 1 aromatic rings. The highest BCUT2D eigenvalue weighted by Crippen LogP contribution is 2.40. The van der Waals surface area contributed by atoms with Crippen LogP contribution in [0.1, 0.15) is 25.1 Å². The van der Waals surface area contributed by atoms with Gasteiger partial charge in [0, 0.05) is 19.8 Å². The van der Waals surface area contributed by atoms with Crippen LogP contribution in [0.4, 0.5) is 0 Å². The molecule has 8 heteroatoms. The van der Waals surface area contributed by atoms with Gasteiger partial charge in [0.1, 0.15) is 5.82 Å². The summed E-state index contributed by atoms with van der Waals surface area (Å²) in [6.45, 7) is 1.62. The second-order valence-electron chi connectivity index (χ2n) is 5.00. The number of hydrogen-bond donors (Lipinski definition) is 2. The summed E-state index contributed by atoms with van der Waals surface area (Å²) in [5, 5.41) is 9.07. The van der Waals surface area contributed by atoms with Crippen LogP contribution < -0.4 is 4.72 Å². The Morgan fingerprint density at radius 2 is 2.21 bits per heavy atom. The van der Waals surface area contributed by atoms with Gasteiger partial charge in [-0.15, -0.1) is 0 Å². The predicted octanol–water partition coefficient (Wildman–Crippen LogP) is 0.262. The number of aliphatic carboxylic acids is 1. The summed E-state index contributed by atoms with van der Waals surface area (Å²) >= 11 is 0. The molecule has 0 amide bonds. The molecule has 0 atom stereocenters. The molecule has 0 aliphatic heterocycles. The number of hydrogen-bond acceptors (Lipinski definition) is 4. The van der Waals surface area contributed by atoms with Gasteiger partial charge in [0.05, 0.1) is 5.41 Å². The highest BCUT2D eigenvalue weighted by molar-refractivity contribution is 7.89. The predicted molar refractivity (Wildman–Crippen MR) is 67.1 cm³/mol. The number of sulfonamides is 1. The summed E-state index contributed by atoms with van der Waals surface area (Å²) in [6.07, 6.45) is 3.24. The van der Waals surface area contributed by atoms with E-state index in [-0.39, 0.29) is 11.6 Å². The lowest BCUT2D eigenvalue weighted by molar-refractivity contribution is -0.153. The van der Waals surface area contributed by atoms with Crippen LogP contribution in [-0.2, 0) is 21.9 Å². The maximum Gasteiger partial charge on any atom is 0.310 e. The Kier molecular flexibility index (Phi) is 3.40. The third kappa shape index (κ3) is 2.50. The van der Waals surface area contributed by atoms with Gasteiger partial charge >= 0.3 is 5.97 Å². The lowest BCUT2D eigenvalue weighted by Crippen LogP contribution is -2.47. The third-order valence-electron chi connectivity index (χ3n) is 3.73. The van der Waals surface area contributed by atoms with E-state index in [1.165, 1.54) is 6.20 Å². The molecule has 106 valence electrons. The Hall–Kier alpha value is -1.41. The quantitative estimate of drug-likeness (QED) is 0.809. The van der Waals surface area contributed by atoms with Crippen molar-refractivity contribution in [2.24, 2.45) is 12.5 Å². The largest absolute Gasteiger partial charge is 0.481 e. The van der Waals surface area contributed by atoms with Crippen molar-refractivity contribution in [3.8, 4) is 0 Å². The first-order valence-corrected chi connectivity index (χ1v) is 7.48. The minimum atomic E-state index is -3.75. The normalized spacial score (nSPS) is 18.0. The Bertz CT molecular complexity index is 582. The Labute approximate surface area is 111 Å². The first-order valence-electron chi connectivity index (χ1n) is 6.00. The molecule has 0 aromatic carbocycles. The molecule has 0 radical (unpaired) electrons. The van der Waals surface area contributed by atoms with E-state index in [0.717, 1.165) is 6.42 Å². The van der Waals surface area contributed by atoms with E-state index >= 15 is 0 Å². The van der Waals surface area contributed by atoms with Crippen molar-refractivity contribution in [2.45, 2.75) is 31.2 Å². The second-order valence-corrected chi connectivity index (χ2v) is 6.71. The summed E-state index contributed by atoms with van der Waals surface area (Å²) in [4.78, 5) is 15.1. The van der Waals surface area contributed by atoms with E-state index in [4.69, 9.17) is 5.11 Å². The van der Waals surface area contributed by atoms with Crippen LogP contribution >= 0.6 is 0 Å². The smallest absolute Gasteiger partial charge is 0.310 e. The summed E-state index contributed by atoms with van der Waals surface area (Å²) in [5.41, 5.74) is -0.948. The molecule has 1 aliphatic carbocycles. The van der Waals surface area contributed by atoms with Gasteiger partial charge in [0.2, 0.25) is 0 Å². The highest BCUT2D eigenvalue weighted by Gasteiger charge is 2.45. The molecule has 7 nitrogen and oxygen atoms in total. The van der Waals surface area contributed by atoms with E-state index in [2.05, 4.69) is 9.71 Å². The average molecular weight is 287 g/mol. The topological polar surface area (TPSA) is 101 Å². The molecule has 0 spiro atoms. The highest BCUT2D eigenvalue weighted by atomic mass is 32.2. The first-order chi connectivity index (χ1) is 8.77. The Morgan fingerprint density at radius 1 is 1.58 bits per heavy atom. The third-order valence-corrected chi connectivity index (χ3v) is 5.00. The SMILES string of the molecule is Cc1nc(S(=O)(=O)NCC2(C(=O)O)CCC2)cn1C. The van der Waals surface area contributed by atoms with Crippen LogP contribution in [0.2, 0.25) is 0 Å². The Morgan fingerprint density at radius 3 is 2.58 bits per heavy atom. The van der Waals surface area contributed by atoms with Gasteiger partial charge in [-0.25, -0.2) is 18.1 Å². The fourth-order valence-corrected chi connectivity index (χ4v) is 3.20. The maximum absolute atomic E-state index is 12.0. The molecule has 0 saturated heterocycles. The molecule has 1 fully saturated rings. The van der Waals surface area contributed by atoms with Crippen LogP contribution in [0.15, 0.2) is 11.2 Å². The molecule has 1 aromatic heterocycles. The first kappa shape index (κ1) is 14.0. The molecule has 0 unspecified atom stereocenters. The molecule has 19 heavy (non-hydrogen) atoms. The standard InChI is InChI=1S/C11H17N3O4S/c1-8-13-9(6-14(8)2)19(17,18)12-7-11(10(15)16)4-3-5-11/h6,12H,3-5,7H2,1-2H3,(H,15,16). The number of carboxylic acid groups (broad SMARTS) is 1. The van der Waals surface area contributed by atoms with Crippen molar-refractivity contribution in [2.75, 3.05) is 6.54 Å². The van der Waals surface area contributed by atoms with Gasteiger partial charge in [0.25, 0.3) is 10.0 Å².